The van der Waals surface area contributed by atoms with Gasteiger partial charge in [0.2, 0.25) is 0 Å². The third-order valence-electron chi connectivity index (χ3n) is 4.35. The molecule has 4 rings (SSSR count). The second kappa shape index (κ2) is 7.65. The molecule has 29 heavy (non-hydrogen) atoms. The fourth-order valence-electron chi connectivity index (χ4n) is 2.93. The number of thioether (sulfide) groups is 1. The molecule has 0 bridgehead atoms. The fourth-order valence-corrected chi connectivity index (χ4v) is 4.19. The average molecular weight is 422 g/mol. The quantitative estimate of drug-likeness (QED) is 0.215. The molecule has 1 amide bonds. The SMILES string of the molecule is Cc1ccc(N2C(=O)SC(=Cc3ccc(-c4ccccc4[N+](=O)[O-])o3)C2=S)cc1. The van der Waals surface area contributed by atoms with Crippen molar-refractivity contribution in [2.45, 2.75) is 6.92 Å². The van der Waals surface area contributed by atoms with Gasteiger partial charge in [-0.15, -0.1) is 0 Å². The first kappa shape index (κ1) is 19.1. The Bertz CT molecular complexity index is 1170. The Balaban J connectivity index is 1.63. The summed E-state index contributed by atoms with van der Waals surface area (Å²) >= 11 is 6.52. The van der Waals surface area contributed by atoms with E-state index in [-0.39, 0.29) is 10.9 Å². The normalized spacial score (nSPS) is 15.3. The van der Waals surface area contributed by atoms with Crippen LogP contribution in [-0.2, 0) is 0 Å². The zero-order valence-corrected chi connectivity index (χ0v) is 16.8. The Morgan fingerprint density at radius 1 is 1.10 bits per heavy atom. The lowest BCUT2D eigenvalue weighted by molar-refractivity contribution is -0.384. The Morgan fingerprint density at radius 2 is 1.83 bits per heavy atom. The second-order valence-corrected chi connectivity index (χ2v) is 7.71. The summed E-state index contributed by atoms with van der Waals surface area (Å²) in [6, 6.07) is 17.3. The zero-order valence-electron chi connectivity index (χ0n) is 15.2. The van der Waals surface area contributed by atoms with Crippen LogP contribution in [0.5, 0.6) is 0 Å². The lowest BCUT2D eigenvalue weighted by atomic mass is 10.1. The van der Waals surface area contributed by atoms with Gasteiger partial charge in [-0.1, -0.05) is 42.0 Å². The smallest absolute Gasteiger partial charge is 0.296 e. The van der Waals surface area contributed by atoms with E-state index in [0.717, 1.165) is 17.3 Å². The van der Waals surface area contributed by atoms with Crippen LogP contribution in [0.3, 0.4) is 0 Å². The molecule has 144 valence electrons. The van der Waals surface area contributed by atoms with E-state index in [1.807, 2.05) is 31.2 Å². The summed E-state index contributed by atoms with van der Waals surface area (Å²) in [6.45, 7) is 1.97. The van der Waals surface area contributed by atoms with Crippen molar-refractivity contribution in [2.75, 3.05) is 4.90 Å². The van der Waals surface area contributed by atoms with Gasteiger partial charge < -0.3 is 4.42 Å². The van der Waals surface area contributed by atoms with Crippen molar-refractivity contribution in [1.82, 2.24) is 0 Å². The largest absolute Gasteiger partial charge is 0.456 e. The number of para-hydroxylation sites is 1. The molecule has 0 N–H and O–H groups in total. The van der Waals surface area contributed by atoms with E-state index in [0.29, 0.717) is 32.7 Å². The Labute approximate surface area is 176 Å². The summed E-state index contributed by atoms with van der Waals surface area (Å²) in [5, 5.41) is 11.1. The summed E-state index contributed by atoms with van der Waals surface area (Å²) in [7, 11) is 0. The lowest BCUT2D eigenvalue weighted by Crippen LogP contribution is -2.26. The van der Waals surface area contributed by atoms with Gasteiger partial charge in [-0.05, 0) is 55.1 Å². The van der Waals surface area contributed by atoms with Crippen molar-refractivity contribution in [1.29, 1.82) is 0 Å². The van der Waals surface area contributed by atoms with Crippen molar-refractivity contribution in [3.63, 3.8) is 0 Å². The molecule has 6 nitrogen and oxygen atoms in total. The predicted molar refractivity (Wildman–Crippen MR) is 118 cm³/mol. The number of aryl methyl sites for hydroxylation is 1. The minimum absolute atomic E-state index is 0.0347. The number of benzene rings is 2. The maximum absolute atomic E-state index is 12.5. The molecule has 0 spiro atoms. The number of nitro groups is 1. The molecule has 0 unspecified atom stereocenters. The van der Waals surface area contributed by atoms with Crippen LogP contribution < -0.4 is 4.90 Å². The number of amides is 1. The van der Waals surface area contributed by atoms with E-state index in [9.17, 15) is 14.9 Å². The molecule has 2 heterocycles. The van der Waals surface area contributed by atoms with Crippen LogP contribution in [0.25, 0.3) is 17.4 Å². The highest BCUT2D eigenvalue weighted by Crippen LogP contribution is 2.38. The molecular weight excluding hydrogens is 408 g/mol. The van der Waals surface area contributed by atoms with Gasteiger partial charge in [0.15, 0.2) is 0 Å². The molecule has 2 aromatic carbocycles. The minimum atomic E-state index is -0.448. The van der Waals surface area contributed by atoms with Crippen molar-refractivity contribution >= 4 is 51.7 Å². The van der Waals surface area contributed by atoms with Crippen molar-refractivity contribution in [2.24, 2.45) is 0 Å². The topological polar surface area (TPSA) is 76.6 Å². The van der Waals surface area contributed by atoms with E-state index < -0.39 is 4.92 Å². The number of nitro benzene ring substituents is 1. The molecule has 0 atom stereocenters. The van der Waals surface area contributed by atoms with E-state index in [2.05, 4.69) is 0 Å². The first-order valence-electron chi connectivity index (χ1n) is 8.62. The number of carbonyl (C=O) groups excluding carboxylic acids is 1. The number of furan rings is 1. The second-order valence-electron chi connectivity index (χ2n) is 6.33. The monoisotopic (exact) mass is 422 g/mol. The molecule has 1 aliphatic heterocycles. The van der Waals surface area contributed by atoms with Gasteiger partial charge in [-0.2, -0.15) is 0 Å². The van der Waals surface area contributed by atoms with Gasteiger partial charge >= 0.3 is 0 Å². The number of nitrogens with zero attached hydrogens (tertiary/aromatic N) is 2. The molecule has 8 heteroatoms. The highest BCUT2D eigenvalue weighted by molar-refractivity contribution is 8.20. The first-order chi connectivity index (χ1) is 13.9. The third kappa shape index (κ3) is 3.72. The Kier molecular flexibility index (Phi) is 5.04. The Morgan fingerprint density at radius 3 is 2.55 bits per heavy atom. The van der Waals surface area contributed by atoms with E-state index in [1.165, 1.54) is 11.0 Å². The van der Waals surface area contributed by atoms with Gasteiger partial charge in [0.25, 0.3) is 10.9 Å². The number of hydrogen-bond acceptors (Lipinski definition) is 6. The molecule has 0 saturated carbocycles. The van der Waals surface area contributed by atoms with Gasteiger partial charge in [0, 0.05) is 6.07 Å². The highest BCUT2D eigenvalue weighted by Gasteiger charge is 2.33. The minimum Gasteiger partial charge on any atom is -0.456 e. The van der Waals surface area contributed by atoms with Crippen LogP contribution in [0.4, 0.5) is 16.2 Å². The highest BCUT2D eigenvalue weighted by atomic mass is 32.2. The lowest BCUT2D eigenvalue weighted by Gasteiger charge is -2.14. The molecule has 1 saturated heterocycles. The number of anilines is 1. The summed E-state index contributed by atoms with van der Waals surface area (Å²) < 4.78 is 5.78. The van der Waals surface area contributed by atoms with Gasteiger partial charge in [-0.3, -0.25) is 19.8 Å². The molecule has 0 aliphatic carbocycles. The Hall–Kier alpha value is -3.23. The van der Waals surface area contributed by atoms with Crippen LogP contribution in [0, 0.1) is 17.0 Å². The van der Waals surface area contributed by atoms with E-state index in [4.69, 9.17) is 16.6 Å². The van der Waals surface area contributed by atoms with Crippen molar-refractivity contribution in [3.8, 4) is 11.3 Å². The molecule has 1 aromatic heterocycles. The van der Waals surface area contributed by atoms with Crippen molar-refractivity contribution in [3.05, 3.63) is 87.0 Å². The molecule has 1 fully saturated rings. The predicted octanol–water partition coefficient (Wildman–Crippen LogP) is 6.20. The van der Waals surface area contributed by atoms with Crippen molar-refractivity contribution < 1.29 is 14.1 Å². The summed E-state index contributed by atoms with van der Waals surface area (Å²) in [5.41, 5.74) is 2.16. The number of rotatable bonds is 4. The van der Waals surface area contributed by atoms with Crippen LogP contribution >= 0.6 is 24.0 Å². The van der Waals surface area contributed by atoms with Crippen LogP contribution in [0.15, 0.2) is 70.0 Å². The number of thiocarbonyl (C=S) groups is 1. The number of carbonyl (C=O) groups is 1. The van der Waals surface area contributed by atoms with E-state index in [1.54, 1.807) is 36.4 Å². The van der Waals surface area contributed by atoms with Crippen LogP contribution in [0.1, 0.15) is 11.3 Å². The molecule has 3 aromatic rings. The van der Waals surface area contributed by atoms with E-state index >= 15 is 0 Å². The first-order valence-corrected chi connectivity index (χ1v) is 9.85. The molecule has 1 aliphatic rings. The van der Waals surface area contributed by atoms with Gasteiger partial charge in [-0.25, -0.2) is 0 Å². The summed E-state index contributed by atoms with van der Waals surface area (Å²) in [6.07, 6.45) is 1.68. The zero-order chi connectivity index (χ0) is 20.5. The molecule has 0 radical (unpaired) electrons. The third-order valence-corrected chi connectivity index (χ3v) is 5.77. The maximum atomic E-state index is 12.5. The molecular formula is C21H14N2O4S2. The standard InChI is InChI=1S/C21H14N2O4S2/c1-13-6-8-14(9-7-13)22-20(28)19(29-21(22)24)12-15-10-11-18(27-15)16-4-2-3-5-17(16)23(25)26/h2-12H,1H3. The van der Waals surface area contributed by atoms with Gasteiger partial charge in [0.1, 0.15) is 16.5 Å². The van der Waals surface area contributed by atoms with Gasteiger partial charge in [0.05, 0.1) is 21.1 Å². The summed E-state index contributed by atoms with van der Waals surface area (Å²) in [5.74, 6) is 0.835. The maximum Gasteiger partial charge on any atom is 0.296 e. The number of hydrogen-bond donors (Lipinski definition) is 0. The average Bonchev–Trinajstić information content (AvgIpc) is 3.27. The summed E-state index contributed by atoms with van der Waals surface area (Å²) in [4.78, 5) is 25.7. The fraction of sp³-hybridized carbons (Fsp3) is 0.0476. The van der Waals surface area contributed by atoms with Crippen LogP contribution in [0.2, 0.25) is 0 Å². The van der Waals surface area contributed by atoms with Crippen LogP contribution in [-0.4, -0.2) is 15.2 Å².